The van der Waals surface area contributed by atoms with Crippen molar-refractivity contribution >= 4 is 5.69 Å². The molecule has 0 aliphatic carbocycles. The lowest BCUT2D eigenvalue weighted by Crippen LogP contribution is -2.47. The fraction of sp³-hybridized carbons (Fsp3) is 0.571. The summed E-state index contributed by atoms with van der Waals surface area (Å²) < 4.78 is 14.0. The minimum atomic E-state index is -0.679. The van der Waals surface area contributed by atoms with Crippen molar-refractivity contribution < 1.29 is 14.6 Å². The van der Waals surface area contributed by atoms with Crippen molar-refractivity contribution in [1.82, 2.24) is 4.90 Å². The molecule has 1 unspecified atom stereocenters. The first-order valence-electron chi connectivity index (χ1n) is 6.68. The second-order valence-corrected chi connectivity index (χ2v) is 4.91. The average molecular weight is 268 g/mol. The van der Waals surface area contributed by atoms with Gasteiger partial charge in [0.1, 0.15) is 5.82 Å². The Morgan fingerprint density at radius 3 is 2.53 bits per heavy atom. The lowest BCUT2D eigenvalue weighted by Gasteiger charge is -2.37. The summed E-state index contributed by atoms with van der Waals surface area (Å²) in [4.78, 5) is 4.13. The molecule has 1 saturated heterocycles. The van der Waals surface area contributed by atoms with Crippen LogP contribution in [0, 0.1) is 5.82 Å². The predicted octanol–water partition coefficient (Wildman–Crippen LogP) is 0.993. The Hall–Kier alpha value is -1.17. The zero-order chi connectivity index (χ0) is 13.8. The van der Waals surface area contributed by atoms with Gasteiger partial charge in [0, 0.05) is 38.3 Å². The van der Waals surface area contributed by atoms with Gasteiger partial charge in [-0.05, 0) is 13.0 Å². The Morgan fingerprint density at radius 1 is 1.26 bits per heavy atom. The van der Waals surface area contributed by atoms with Crippen LogP contribution in [0.25, 0.3) is 0 Å². The molecule has 1 fully saturated rings. The first-order chi connectivity index (χ1) is 9.13. The summed E-state index contributed by atoms with van der Waals surface area (Å²) in [7, 11) is 0. The number of anilines is 1. The molecule has 0 saturated carbocycles. The van der Waals surface area contributed by atoms with Crippen molar-refractivity contribution in [2.24, 2.45) is 0 Å². The fourth-order valence-electron chi connectivity index (χ4n) is 2.54. The van der Waals surface area contributed by atoms with Crippen molar-refractivity contribution in [2.45, 2.75) is 13.0 Å². The number of hydrogen-bond donors (Lipinski definition) is 2. The molecule has 5 heteroatoms. The Bertz CT molecular complexity index is 418. The number of β-amino-alcohol motifs (C(OH)–C–C–N with tert-alkyl or cyclic N) is 1. The van der Waals surface area contributed by atoms with Crippen LogP contribution in [0.5, 0.6) is 0 Å². The molecule has 1 aromatic rings. The Kier molecular flexibility index (Phi) is 4.74. The van der Waals surface area contributed by atoms with E-state index < -0.39 is 6.10 Å². The van der Waals surface area contributed by atoms with Gasteiger partial charge in [-0.3, -0.25) is 4.90 Å². The molecule has 1 aliphatic rings. The topological polar surface area (TPSA) is 46.9 Å². The van der Waals surface area contributed by atoms with Crippen LogP contribution in [0.1, 0.15) is 18.6 Å². The molecule has 0 bridgehead atoms. The molecule has 2 N–H and O–H groups in total. The lowest BCUT2D eigenvalue weighted by molar-refractivity contribution is 0.186. The third-order valence-electron chi connectivity index (χ3n) is 3.57. The first kappa shape index (κ1) is 14.2. The van der Waals surface area contributed by atoms with E-state index in [1.807, 2.05) is 4.90 Å². The van der Waals surface area contributed by atoms with Gasteiger partial charge >= 0.3 is 0 Å². The smallest absolute Gasteiger partial charge is 0.146 e. The first-order valence-corrected chi connectivity index (χ1v) is 6.68. The van der Waals surface area contributed by atoms with E-state index in [4.69, 9.17) is 5.11 Å². The Morgan fingerprint density at radius 2 is 1.95 bits per heavy atom. The maximum Gasteiger partial charge on any atom is 0.146 e. The third kappa shape index (κ3) is 3.23. The zero-order valence-corrected chi connectivity index (χ0v) is 11.2. The molecule has 4 nitrogen and oxygen atoms in total. The van der Waals surface area contributed by atoms with E-state index in [1.165, 1.54) is 6.07 Å². The van der Waals surface area contributed by atoms with Crippen LogP contribution in [0.4, 0.5) is 10.1 Å². The molecule has 0 amide bonds. The summed E-state index contributed by atoms with van der Waals surface area (Å²) in [6, 6.07) is 4.83. The third-order valence-corrected chi connectivity index (χ3v) is 3.57. The zero-order valence-electron chi connectivity index (χ0n) is 11.2. The summed E-state index contributed by atoms with van der Waals surface area (Å²) in [6.45, 7) is 5.48. The SMILES string of the molecule is CC(O)c1cccc(F)c1N1CCN(CCO)CC1. The van der Waals surface area contributed by atoms with Gasteiger partial charge in [-0.1, -0.05) is 12.1 Å². The van der Waals surface area contributed by atoms with E-state index in [2.05, 4.69) is 4.90 Å². The Balaban J connectivity index is 2.15. The number of para-hydroxylation sites is 1. The highest BCUT2D eigenvalue weighted by atomic mass is 19.1. The molecule has 1 aromatic carbocycles. The van der Waals surface area contributed by atoms with Crippen molar-refractivity contribution in [2.75, 3.05) is 44.2 Å². The number of aliphatic hydroxyl groups is 2. The fourth-order valence-corrected chi connectivity index (χ4v) is 2.54. The summed E-state index contributed by atoms with van der Waals surface area (Å²) >= 11 is 0. The van der Waals surface area contributed by atoms with Crippen molar-refractivity contribution in [3.63, 3.8) is 0 Å². The van der Waals surface area contributed by atoms with Gasteiger partial charge in [0.25, 0.3) is 0 Å². The van der Waals surface area contributed by atoms with E-state index in [0.29, 0.717) is 30.9 Å². The maximum absolute atomic E-state index is 14.0. The largest absolute Gasteiger partial charge is 0.395 e. The lowest BCUT2D eigenvalue weighted by atomic mass is 10.1. The molecular formula is C14H21FN2O2. The van der Waals surface area contributed by atoms with Crippen LogP contribution in [-0.4, -0.2) is 54.4 Å². The number of nitrogens with zero attached hydrogens (tertiary/aromatic N) is 2. The molecule has 0 spiro atoms. The minimum Gasteiger partial charge on any atom is -0.395 e. The van der Waals surface area contributed by atoms with Crippen LogP contribution >= 0.6 is 0 Å². The molecular weight excluding hydrogens is 247 g/mol. The predicted molar refractivity (Wildman–Crippen MR) is 72.8 cm³/mol. The highest BCUT2D eigenvalue weighted by Gasteiger charge is 2.22. The van der Waals surface area contributed by atoms with Crippen LogP contribution in [-0.2, 0) is 0 Å². The van der Waals surface area contributed by atoms with Gasteiger partial charge in [-0.25, -0.2) is 4.39 Å². The second kappa shape index (κ2) is 6.32. The van der Waals surface area contributed by atoms with Crippen LogP contribution in [0.3, 0.4) is 0 Å². The average Bonchev–Trinajstić information content (AvgIpc) is 2.40. The number of piperazine rings is 1. The number of halogens is 1. The number of aliphatic hydroxyl groups excluding tert-OH is 2. The highest BCUT2D eigenvalue weighted by molar-refractivity contribution is 5.56. The van der Waals surface area contributed by atoms with Gasteiger partial charge in [-0.15, -0.1) is 0 Å². The summed E-state index contributed by atoms with van der Waals surface area (Å²) in [5.74, 6) is -0.283. The van der Waals surface area contributed by atoms with Crippen LogP contribution < -0.4 is 4.90 Å². The quantitative estimate of drug-likeness (QED) is 0.855. The van der Waals surface area contributed by atoms with Gasteiger partial charge in [-0.2, -0.15) is 0 Å². The Labute approximate surface area is 113 Å². The van der Waals surface area contributed by atoms with Gasteiger partial charge < -0.3 is 15.1 Å². The van der Waals surface area contributed by atoms with Gasteiger partial charge in [0.15, 0.2) is 0 Å². The maximum atomic E-state index is 14.0. The highest BCUT2D eigenvalue weighted by Crippen LogP contribution is 2.30. The van der Waals surface area contributed by atoms with Crippen molar-refractivity contribution in [1.29, 1.82) is 0 Å². The number of hydrogen-bond acceptors (Lipinski definition) is 4. The summed E-state index contributed by atoms with van der Waals surface area (Å²) in [5.41, 5.74) is 1.15. The number of rotatable bonds is 4. The van der Waals surface area contributed by atoms with E-state index >= 15 is 0 Å². The standard InChI is InChI=1S/C14H21FN2O2/c1-11(19)12-3-2-4-13(15)14(12)17-7-5-16(6-8-17)9-10-18/h2-4,11,18-19H,5-10H2,1H3. The normalized spacial score (nSPS) is 18.6. The van der Waals surface area contributed by atoms with E-state index in [1.54, 1.807) is 19.1 Å². The monoisotopic (exact) mass is 268 g/mol. The van der Waals surface area contributed by atoms with E-state index in [0.717, 1.165) is 13.1 Å². The molecule has 19 heavy (non-hydrogen) atoms. The van der Waals surface area contributed by atoms with Crippen LogP contribution in [0.15, 0.2) is 18.2 Å². The molecule has 1 atom stereocenters. The molecule has 106 valence electrons. The van der Waals surface area contributed by atoms with Crippen molar-refractivity contribution in [3.8, 4) is 0 Å². The molecule has 0 aromatic heterocycles. The minimum absolute atomic E-state index is 0.151. The molecule has 1 heterocycles. The number of benzene rings is 1. The molecule has 0 radical (unpaired) electrons. The van der Waals surface area contributed by atoms with Gasteiger partial charge in [0.2, 0.25) is 0 Å². The van der Waals surface area contributed by atoms with Crippen LogP contribution in [0.2, 0.25) is 0 Å². The van der Waals surface area contributed by atoms with Gasteiger partial charge in [0.05, 0.1) is 18.4 Å². The molecule has 1 aliphatic heterocycles. The summed E-state index contributed by atoms with van der Waals surface area (Å²) in [6.07, 6.45) is -0.679. The van der Waals surface area contributed by atoms with Crippen molar-refractivity contribution in [3.05, 3.63) is 29.6 Å². The van der Waals surface area contributed by atoms with E-state index in [9.17, 15) is 9.50 Å². The summed E-state index contributed by atoms with van der Waals surface area (Å²) in [5, 5.41) is 18.7. The second-order valence-electron chi connectivity index (χ2n) is 4.91. The molecule has 2 rings (SSSR count). The van der Waals surface area contributed by atoms with E-state index in [-0.39, 0.29) is 12.4 Å².